The van der Waals surface area contributed by atoms with Gasteiger partial charge in [0.15, 0.2) is 11.9 Å². The number of carbonyl (C=O) groups is 3. The van der Waals surface area contributed by atoms with E-state index in [9.17, 15) is 24.6 Å². The molecule has 11 atom stereocenters. The number of fused-ring (bicyclic) bond motifs is 2. The van der Waals surface area contributed by atoms with Crippen LogP contribution in [0, 0.1) is 39.9 Å². The predicted octanol–water partition coefficient (Wildman–Crippen LogP) is 2.91. The van der Waals surface area contributed by atoms with Crippen molar-refractivity contribution < 1.29 is 48.0 Å². The average molecular weight is 547 g/mol. The van der Waals surface area contributed by atoms with Crippen LogP contribution in [-0.2, 0) is 33.3 Å². The molecule has 39 heavy (non-hydrogen) atoms. The molecule has 1 aromatic rings. The van der Waals surface area contributed by atoms with Gasteiger partial charge in [0.2, 0.25) is 0 Å². The Balaban J connectivity index is 1.53. The van der Waals surface area contributed by atoms with Gasteiger partial charge in [0.25, 0.3) is 0 Å². The van der Waals surface area contributed by atoms with Crippen molar-refractivity contribution in [3.63, 3.8) is 0 Å². The third kappa shape index (κ3) is 3.05. The molecule has 10 heteroatoms. The van der Waals surface area contributed by atoms with E-state index in [-0.39, 0.29) is 24.2 Å². The lowest BCUT2D eigenvalue weighted by atomic mass is 9.36. The van der Waals surface area contributed by atoms with Gasteiger partial charge in [-0.3, -0.25) is 9.59 Å². The van der Waals surface area contributed by atoms with E-state index in [0.29, 0.717) is 19.3 Å². The largest absolute Gasteiger partial charge is 0.472 e. The standard InChI is InChI=1S/C29H38O10/c1-14(30)37-23-16-12-28-17(7-9-26(4)18(28)11-19(31)38-22(26)15-8-10-36-13-15)27(5,29(16,34)39-28)21(25(23,2)3)20(32)24(33)35-6/h8,10,13,16-18,20-23,32,34H,7,9,11-12H2,1-6H3/t16-,17+,18+,20?,21-,22-,23+,26+,27+,28+,29-/m0/s1. The van der Waals surface area contributed by atoms with Gasteiger partial charge in [-0.1, -0.05) is 27.7 Å². The Kier molecular flexibility index (Phi) is 5.54. The zero-order valence-electron chi connectivity index (χ0n) is 23.3. The highest BCUT2D eigenvalue weighted by molar-refractivity contribution is 5.75. The molecule has 1 unspecified atom stereocenters. The van der Waals surface area contributed by atoms with E-state index < -0.39 is 69.7 Å². The summed E-state index contributed by atoms with van der Waals surface area (Å²) in [4.78, 5) is 38.3. The van der Waals surface area contributed by atoms with Crippen LogP contribution in [0.1, 0.15) is 72.0 Å². The maximum Gasteiger partial charge on any atom is 0.335 e. The van der Waals surface area contributed by atoms with Crippen LogP contribution in [0.25, 0.3) is 0 Å². The van der Waals surface area contributed by atoms with Crippen LogP contribution in [0.3, 0.4) is 0 Å². The van der Waals surface area contributed by atoms with Gasteiger partial charge in [-0.05, 0) is 31.2 Å². The number of aliphatic hydroxyl groups excluding tert-OH is 1. The number of cyclic esters (lactones) is 1. The summed E-state index contributed by atoms with van der Waals surface area (Å²) < 4.78 is 28.9. The van der Waals surface area contributed by atoms with Crippen molar-refractivity contribution in [2.45, 2.75) is 90.0 Å². The summed E-state index contributed by atoms with van der Waals surface area (Å²) in [6, 6.07) is 1.80. The van der Waals surface area contributed by atoms with E-state index in [0.717, 1.165) is 5.56 Å². The lowest BCUT2D eigenvalue weighted by molar-refractivity contribution is -0.329. The number of aliphatic hydroxyl groups is 2. The van der Waals surface area contributed by atoms with Crippen molar-refractivity contribution in [3.05, 3.63) is 24.2 Å². The fourth-order valence-electron chi connectivity index (χ4n) is 10.3. The molecule has 2 N–H and O–H groups in total. The lowest BCUT2D eigenvalue weighted by Crippen LogP contribution is -2.74. The molecule has 2 aliphatic carbocycles. The number of carbonyl (C=O) groups excluding carboxylic acids is 3. The van der Waals surface area contributed by atoms with Crippen LogP contribution in [0.15, 0.2) is 23.0 Å². The highest BCUT2D eigenvalue weighted by Gasteiger charge is 2.88. The van der Waals surface area contributed by atoms with E-state index in [1.54, 1.807) is 18.6 Å². The molecule has 6 rings (SSSR count). The van der Waals surface area contributed by atoms with Crippen molar-refractivity contribution >= 4 is 17.9 Å². The molecule has 10 nitrogen and oxygen atoms in total. The van der Waals surface area contributed by atoms with Gasteiger partial charge in [0, 0.05) is 40.6 Å². The van der Waals surface area contributed by atoms with Crippen molar-refractivity contribution in [2.75, 3.05) is 7.11 Å². The second-order valence-electron chi connectivity index (χ2n) is 13.4. The monoisotopic (exact) mass is 546 g/mol. The van der Waals surface area contributed by atoms with E-state index >= 15 is 0 Å². The number of rotatable bonds is 4. The third-order valence-corrected chi connectivity index (χ3v) is 11.5. The summed E-state index contributed by atoms with van der Waals surface area (Å²) in [6.07, 6.45) is 1.90. The van der Waals surface area contributed by atoms with E-state index in [1.807, 2.05) is 20.8 Å². The Morgan fingerprint density at radius 1 is 1.18 bits per heavy atom. The Hall–Kier alpha value is -2.43. The normalized spacial score (nSPS) is 47.9. The molecule has 0 radical (unpaired) electrons. The molecule has 3 aliphatic heterocycles. The predicted molar refractivity (Wildman–Crippen MR) is 132 cm³/mol. The summed E-state index contributed by atoms with van der Waals surface area (Å²) in [6.45, 7) is 9.00. The summed E-state index contributed by atoms with van der Waals surface area (Å²) in [5.41, 5.74) is -2.77. The molecule has 0 amide bonds. The van der Waals surface area contributed by atoms with Crippen molar-refractivity contribution in [3.8, 4) is 0 Å². The van der Waals surface area contributed by atoms with Gasteiger partial charge >= 0.3 is 17.9 Å². The number of methoxy groups -OCH3 is 1. The zero-order valence-corrected chi connectivity index (χ0v) is 23.3. The molecule has 1 aromatic heterocycles. The molecular weight excluding hydrogens is 508 g/mol. The third-order valence-electron chi connectivity index (χ3n) is 11.5. The highest BCUT2D eigenvalue weighted by Crippen LogP contribution is 2.81. The van der Waals surface area contributed by atoms with Gasteiger partial charge in [-0.2, -0.15) is 0 Å². The topological polar surface area (TPSA) is 142 Å². The van der Waals surface area contributed by atoms with E-state index in [1.165, 1.54) is 14.0 Å². The van der Waals surface area contributed by atoms with Crippen LogP contribution < -0.4 is 0 Å². The number of furan rings is 1. The SMILES string of the molecule is COC(=O)C(O)[C@H]1C(C)(C)[C@H](OC(C)=O)[C@@H]2C[C@@]34O[C@]2(O)[C@]1(C)[C@H]3CC[C@]1(C)[C@H]4CC(=O)O[C@H]1c1ccoc1. The molecule has 4 heterocycles. The molecule has 3 saturated heterocycles. The second kappa shape index (κ2) is 8.07. The van der Waals surface area contributed by atoms with Crippen molar-refractivity contribution in [2.24, 2.45) is 39.9 Å². The van der Waals surface area contributed by atoms with Crippen LogP contribution in [0.4, 0.5) is 0 Å². The zero-order chi connectivity index (χ0) is 28.3. The highest BCUT2D eigenvalue weighted by atomic mass is 16.7. The number of ether oxygens (including phenoxy) is 4. The second-order valence-corrected chi connectivity index (χ2v) is 13.4. The first-order valence-electron chi connectivity index (χ1n) is 13.8. The summed E-state index contributed by atoms with van der Waals surface area (Å²) in [7, 11) is 1.21. The molecule has 2 bridgehead atoms. The van der Waals surface area contributed by atoms with E-state index in [2.05, 4.69) is 6.92 Å². The summed E-state index contributed by atoms with van der Waals surface area (Å²) in [5.74, 6) is -5.66. The molecule has 5 aliphatic rings. The fraction of sp³-hybridized carbons (Fsp3) is 0.759. The van der Waals surface area contributed by atoms with E-state index in [4.69, 9.17) is 23.4 Å². The Morgan fingerprint density at radius 3 is 2.51 bits per heavy atom. The first-order valence-corrected chi connectivity index (χ1v) is 13.8. The minimum atomic E-state index is -1.81. The first kappa shape index (κ1) is 26.8. The smallest absolute Gasteiger partial charge is 0.335 e. The minimum Gasteiger partial charge on any atom is -0.472 e. The van der Waals surface area contributed by atoms with Gasteiger partial charge in [-0.25, -0.2) is 4.79 Å². The van der Waals surface area contributed by atoms with Crippen LogP contribution in [-0.4, -0.2) is 58.8 Å². The van der Waals surface area contributed by atoms with Gasteiger partial charge < -0.3 is 33.6 Å². The molecule has 0 aromatic carbocycles. The molecule has 1 spiro atoms. The van der Waals surface area contributed by atoms with Crippen molar-refractivity contribution in [1.29, 1.82) is 0 Å². The van der Waals surface area contributed by atoms with Crippen LogP contribution in [0.2, 0.25) is 0 Å². The van der Waals surface area contributed by atoms with Gasteiger partial charge in [0.1, 0.15) is 12.2 Å². The minimum absolute atomic E-state index is 0.103. The first-order chi connectivity index (χ1) is 18.2. The number of esters is 3. The lowest BCUT2D eigenvalue weighted by Gasteiger charge is -2.67. The quantitative estimate of drug-likeness (QED) is 0.428. The number of hydrogen-bond acceptors (Lipinski definition) is 10. The Bertz CT molecular complexity index is 1210. The van der Waals surface area contributed by atoms with Crippen LogP contribution >= 0.6 is 0 Å². The number of hydrogen-bond donors (Lipinski definition) is 2. The fourth-order valence-corrected chi connectivity index (χ4v) is 10.3. The average Bonchev–Trinajstić information content (AvgIpc) is 3.53. The Labute approximate surface area is 227 Å². The Morgan fingerprint density at radius 2 is 1.90 bits per heavy atom. The van der Waals surface area contributed by atoms with Crippen LogP contribution in [0.5, 0.6) is 0 Å². The molecular formula is C29H38O10. The molecule has 5 fully saturated rings. The summed E-state index contributed by atoms with van der Waals surface area (Å²) >= 11 is 0. The van der Waals surface area contributed by atoms with Gasteiger partial charge in [0.05, 0.1) is 37.6 Å². The van der Waals surface area contributed by atoms with Gasteiger partial charge in [-0.15, -0.1) is 0 Å². The molecule has 2 saturated carbocycles. The maximum atomic E-state index is 13.1. The summed E-state index contributed by atoms with van der Waals surface area (Å²) in [5, 5.41) is 24.0. The maximum absolute atomic E-state index is 13.1. The molecule has 214 valence electrons. The van der Waals surface area contributed by atoms with Crippen molar-refractivity contribution in [1.82, 2.24) is 0 Å².